The highest BCUT2D eigenvalue weighted by atomic mass is 19.1. The molecule has 4 nitrogen and oxygen atoms in total. The van der Waals surface area contributed by atoms with Crippen LogP contribution in [0.4, 0.5) is 10.1 Å². The number of carbonyl (C=O) groups is 2. The van der Waals surface area contributed by atoms with Gasteiger partial charge >= 0.3 is 0 Å². The smallest absolute Gasteiger partial charge is 0.258 e. The first-order valence-electron chi connectivity index (χ1n) is 11.1. The lowest BCUT2D eigenvalue weighted by Crippen LogP contribution is -2.30. The fourth-order valence-corrected chi connectivity index (χ4v) is 3.67. The van der Waals surface area contributed by atoms with Crippen molar-refractivity contribution in [3.63, 3.8) is 0 Å². The van der Waals surface area contributed by atoms with Crippen molar-refractivity contribution in [3.05, 3.63) is 137 Å². The van der Waals surface area contributed by atoms with Gasteiger partial charge in [-0.2, -0.15) is 0 Å². The van der Waals surface area contributed by atoms with Crippen LogP contribution in [0, 0.1) is 5.82 Å². The van der Waals surface area contributed by atoms with E-state index in [1.54, 1.807) is 29.2 Å². The molecule has 0 unspecified atom stereocenters. The normalized spacial score (nSPS) is 10.5. The van der Waals surface area contributed by atoms with Gasteiger partial charge < -0.3 is 10.2 Å². The number of amides is 2. The fourth-order valence-electron chi connectivity index (χ4n) is 3.67. The lowest BCUT2D eigenvalue weighted by atomic mass is 10.1. The molecule has 0 atom stereocenters. The van der Waals surface area contributed by atoms with E-state index in [4.69, 9.17) is 0 Å². The zero-order valence-electron chi connectivity index (χ0n) is 18.7. The van der Waals surface area contributed by atoms with Gasteiger partial charge in [0.05, 0.1) is 13.0 Å². The molecular weight excluding hydrogens is 427 g/mol. The number of carbonyl (C=O) groups excluding carboxylic acids is 2. The van der Waals surface area contributed by atoms with Crippen LogP contribution in [0.25, 0.3) is 0 Å². The van der Waals surface area contributed by atoms with Crippen molar-refractivity contribution in [1.29, 1.82) is 0 Å². The van der Waals surface area contributed by atoms with E-state index < -0.39 is 0 Å². The highest BCUT2D eigenvalue weighted by Gasteiger charge is 2.18. The van der Waals surface area contributed by atoms with E-state index in [2.05, 4.69) is 5.32 Å². The molecule has 34 heavy (non-hydrogen) atoms. The molecule has 4 aromatic rings. The summed E-state index contributed by atoms with van der Waals surface area (Å²) in [4.78, 5) is 27.3. The predicted molar refractivity (Wildman–Crippen MR) is 132 cm³/mol. The number of hydrogen-bond acceptors (Lipinski definition) is 2. The van der Waals surface area contributed by atoms with Crippen molar-refractivity contribution in [2.45, 2.75) is 19.5 Å². The number of nitrogens with zero attached hydrogens (tertiary/aromatic N) is 1. The molecule has 1 N–H and O–H groups in total. The zero-order valence-corrected chi connectivity index (χ0v) is 18.7. The quantitative estimate of drug-likeness (QED) is 0.382. The van der Waals surface area contributed by atoms with Crippen molar-refractivity contribution in [3.8, 4) is 0 Å². The molecule has 5 heteroatoms. The molecule has 2 amide bonds. The Hall–Kier alpha value is -4.25. The lowest BCUT2D eigenvalue weighted by Gasteiger charge is -2.23. The number of anilines is 1. The van der Waals surface area contributed by atoms with Gasteiger partial charge in [0.1, 0.15) is 5.82 Å². The second kappa shape index (κ2) is 11.1. The second-order valence-electron chi connectivity index (χ2n) is 7.99. The molecule has 0 bridgehead atoms. The molecule has 0 saturated heterocycles. The monoisotopic (exact) mass is 452 g/mol. The van der Waals surface area contributed by atoms with Crippen molar-refractivity contribution in [1.82, 2.24) is 5.32 Å². The van der Waals surface area contributed by atoms with Crippen LogP contribution < -0.4 is 10.2 Å². The first-order chi connectivity index (χ1) is 16.6. The Balaban J connectivity index is 1.48. The zero-order chi connectivity index (χ0) is 23.8. The minimum Gasteiger partial charge on any atom is -0.352 e. The Morgan fingerprint density at radius 2 is 1.35 bits per heavy atom. The number of halogens is 1. The van der Waals surface area contributed by atoms with Gasteiger partial charge in [-0.15, -0.1) is 0 Å². The molecule has 0 spiro atoms. The van der Waals surface area contributed by atoms with E-state index in [1.165, 1.54) is 12.1 Å². The van der Waals surface area contributed by atoms with Crippen molar-refractivity contribution in [2.75, 3.05) is 4.90 Å². The minimum absolute atomic E-state index is 0.0754. The summed E-state index contributed by atoms with van der Waals surface area (Å²) in [6.45, 7) is 0.702. The molecule has 0 aliphatic rings. The van der Waals surface area contributed by atoms with Gasteiger partial charge in [0.25, 0.3) is 5.91 Å². The first kappa shape index (κ1) is 22.9. The van der Waals surface area contributed by atoms with Gasteiger partial charge in [0, 0.05) is 17.8 Å². The van der Waals surface area contributed by atoms with Crippen molar-refractivity contribution >= 4 is 17.5 Å². The molecule has 170 valence electrons. The van der Waals surface area contributed by atoms with Crippen LogP contribution >= 0.6 is 0 Å². The summed E-state index contributed by atoms with van der Waals surface area (Å²) in [6.07, 6.45) is 0.240. The average molecular weight is 453 g/mol. The standard InChI is InChI=1S/C29H25FN2O2/c30-26-13-7-10-24(18-26)21-32(29(34)25-11-5-2-6-12-25)27-16-14-22(15-17-27)19-28(33)31-20-23-8-3-1-4-9-23/h1-18H,19-21H2,(H,31,33). The summed E-state index contributed by atoms with van der Waals surface area (Å²) < 4.78 is 13.7. The Morgan fingerprint density at radius 1 is 0.706 bits per heavy atom. The molecule has 0 aliphatic heterocycles. The van der Waals surface area contributed by atoms with E-state index in [0.29, 0.717) is 23.4 Å². The third-order valence-electron chi connectivity index (χ3n) is 5.44. The Kier molecular flexibility index (Phi) is 7.45. The van der Waals surface area contributed by atoms with E-state index in [9.17, 15) is 14.0 Å². The average Bonchev–Trinajstić information content (AvgIpc) is 2.87. The highest BCUT2D eigenvalue weighted by molar-refractivity contribution is 6.06. The summed E-state index contributed by atoms with van der Waals surface area (Å²) in [5.74, 6) is -0.603. The molecule has 4 rings (SSSR count). The second-order valence-corrected chi connectivity index (χ2v) is 7.99. The van der Waals surface area contributed by atoms with Crippen molar-refractivity contribution < 1.29 is 14.0 Å². The van der Waals surface area contributed by atoms with Crippen LogP contribution in [0.2, 0.25) is 0 Å². The van der Waals surface area contributed by atoms with Gasteiger partial charge in [-0.1, -0.05) is 72.8 Å². The molecule has 4 aromatic carbocycles. The highest BCUT2D eigenvalue weighted by Crippen LogP contribution is 2.22. The minimum atomic E-state index is -0.346. The lowest BCUT2D eigenvalue weighted by molar-refractivity contribution is -0.120. The van der Waals surface area contributed by atoms with Crippen LogP contribution in [0.5, 0.6) is 0 Å². The van der Waals surface area contributed by atoms with Crippen LogP contribution in [0.15, 0.2) is 109 Å². The van der Waals surface area contributed by atoms with Crippen LogP contribution in [0.3, 0.4) is 0 Å². The maximum absolute atomic E-state index is 13.7. The first-order valence-corrected chi connectivity index (χ1v) is 11.1. The fraction of sp³-hybridized carbons (Fsp3) is 0.103. The number of rotatable bonds is 8. The number of nitrogens with one attached hydrogen (secondary N) is 1. The van der Waals surface area contributed by atoms with E-state index in [1.807, 2.05) is 72.8 Å². The summed E-state index contributed by atoms with van der Waals surface area (Å²) in [7, 11) is 0. The number of benzene rings is 4. The maximum atomic E-state index is 13.7. The van der Waals surface area contributed by atoms with E-state index in [0.717, 1.165) is 11.1 Å². The summed E-state index contributed by atoms with van der Waals surface area (Å²) in [5.41, 5.74) is 3.79. The largest absolute Gasteiger partial charge is 0.352 e. The van der Waals surface area contributed by atoms with Gasteiger partial charge in [0.15, 0.2) is 0 Å². The molecule has 0 aliphatic carbocycles. The van der Waals surface area contributed by atoms with Crippen LogP contribution in [0.1, 0.15) is 27.0 Å². The van der Waals surface area contributed by atoms with Crippen molar-refractivity contribution in [2.24, 2.45) is 0 Å². The molecule has 0 radical (unpaired) electrons. The third kappa shape index (κ3) is 6.17. The SMILES string of the molecule is O=C(Cc1ccc(N(Cc2cccc(F)c2)C(=O)c2ccccc2)cc1)NCc1ccccc1. The predicted octanol–water partition coefficient (Wildman–Crippen LogP) is 5.53. The summed E-state index contributed by atoms with van der Waals surface area (Å²) in [6, 6.07) is 32.3. The van der Waals surface area contributed by atoms with Gasteiger partial charge in [-0.25, -0.2) is 4.39 Å². The van der Waals surface area contributed by atoms with Gasteiger partial charge in [-0.3, -0.25) is 9.59 Å². The maximum Gasteiger partial charge on any atom is 0.258 e. The summed E-state index contributed by atoms with van der Waals surface area (Å²) in [5, 5.41) is 2.92. The third-order valence-corrected chi connectivity index (χ3v) is 5.44. The molecule has 0 aromatic heterocycles. The molecule has 0 fully saturated rings. The van der Waals surface area contributed by atoms with E-state index in [-0.39, 0.29) is 30.6 Å². The van der Waals surface area contributed by atoms with Crippen LogP contribution in [-0.4, -0.2) is 11.8 Å². The van der Waals surface area contributed by atoms with Crippen LogP contribution in [-0.2, 0) is 24.3 Å². The summed E-state index contributed by atoms with van der Waals surface area (Å²) >= 11 is 0. The molecular formula is C29H25FN2O2. The number of hydrogen-bond donors (Lipinski definition) is 1. The topological polar surface area (TPSA) is 49.4 Å². The molecule has 0 saturated carbocycles. The van der Waals surface area contributed by atoms with Gasteiger partial charge in [0.2, 0.25) is 5.91 Å². The Labute approximate surface area is 198 Å². The molecule has 0 heterocycles. The van der Waals surface area contributed by atoms with E-state index >= 15 is 0 Å². The van der Waals surface area contributed by atoms with Gasteiger partial charge in [-0.05, 0) is 53.1 Å². The Morgan fingerprint density at radius 3 is 2.03 bits per heavy atom. The Bertz CT molecular complexity index is 1240.